The number of carbonyl (C=O) groups excluding carboxylic acids is 1. The van der Waals surface area contributed by atoms with E-state index in [0.29, 0.717) is 5.76 Å². The zero-order chi connectivity index (χ0) is 14.1. The Morgan fingerprint density at radius 3 is 2.50 bits per heavy atom. The lowest BCUT2D eigenvalue weighted by atomic mass is 10.1. The Hall–Kier alpha value is -2.07. The minimum atomic E-state index is -0.245. The van der Waals surface area contributed by atoms with Crippen LogP contribution < -0.4 is 5.32 Å². The summed E-state index contributed by atoms with van der Waals surface area (Å²) in [5.41, 5.74) is 0.767. The van der Waals surface area contributed by atoms with Crippen LogP contribution in [0.15, 0.2) is 57.4 Å². The number of furan rings is 1. The molecule has 1 amide bonds. The van der Waals surface area contributed by atoms with Gasteiger partial charge in [-0.3, -0.25) is 4.79 Å². The van der Waals surface area contributed by atoms with Gasteiger partial charge in [0.25, 0.3) is 5.91 Å². The fraction of sp³-hybridized carbons (Fsp3) is 0.0625. The summed E-state index contributed by atoms with van der Waals surface area (Å²) >= 11 is 3.51. The van der Waals surface area contributed by atoms with Crippen molar-refractivity contribution in [3.05, 3.63) is 64.5 Å². The van der Waals surface area contributed by atoms with E-state index in [-0.39, 0.29) is 5.91 Å². The lowest BCUT2D eigenvalue weighted by Crippen LogP contribution is -2.11. The van der Waals surface area contributed by atoms with Crippen LogP contribution in [-0.4, -0.2) is 5.91 Å². The molecule has 0 unspecified atom stereocenters. The van der Waals surface area contributed by atoms with Gasteiger partial charge in [0.15, 0.2) is 5.76 Å². The Morgan fingerprint density at radius 2 is 1.80 bits per heavy atom. The van der Waals surface area contributed by atoms with Gasteiger partial charge in [0.2, 0.25) is 0 Å². The molecule has 0 aliphatic carbocycles. The summed E-state index contributed by atoms with van der Waals surface area (Å²) in [6.45, 7) is 1.81. The van der Waals surface area contributed by atoms with E-state index in [4.69, 9.17) is 4.42 Å². The molecule has 20 heavy (non-hydrogen) atoms. The quantitative estimate of drug-likeness (QED) is 0.736. The minimum Gasteiger partial charge on any atom is -0.456 e. The molecule has 4 heteroatoms. The molecule has 0 bridgehead atoms. The summed E-state index contributed by atoms with van der Waals surface area (Å²) < 4.78 is 6.33. The summed E-state index contributed by atoms with van der Waals surface area (Å²) in [6, 6.07) is 15.1. The number of hydrogen-bond acceptors (Lipinski definition) is 2. The fourth-order valence-electron chi connectivity index (χ4n) is 2.11. The van der Waals surface area contributed by atoms with Crippen LogP contribution in [0.2, 0.25) is 0 Å². The number of fused-ring (bicyclic) bond motifs is 1. The number of rotatable bonds is 2. The smallest absolute Gasteiger partial charge is 0.291 e. The molecule has 0 saturated carbocycles. The van der Waals surface area contributed by atoms with Crippen LogP contribution in [0.5, 0.6) is 0 Å². The molecule has 1 aromatic heterocycles. The standard InChI is InChI=1S/C16H12BrNO2/c1-10-6-9-15(20-10)16(19)18-14-8-7-13(17)11-4-2-3-5-12(11)14/h2-9H,1H3,(H,18,19). The van der Waals surface area contributed by atoms with E-state index in [1.54, 1.807) is 12.1 Å². The van der Waals surface area contributed by atoms with Crippen molar-refractivity contribution in [1.29, 1.82) is 0 Å². The Kier molecular flexibility index (Phi) is 3.32. The molecule has 0 aliphatic heterocycles. The van der Waals surface area contributed by atoms with Gasteiger partial charge in [0, 0.05) is 15.5 Å². The van der Waals surface area contributed by atoms with Crippen LogP contribution in [0.4, 0.5) is 5.69 Å². The molecule has 100 valence electrons. The number of nitrogens with one attached hydrogen (secondary N) is 1. The Bertz CT molecular complexity index is 792. The van der Waals surface area contributed by atoms with Gasteiger partial charge in [-0.25, -0.2) is 0 Å². The van der Waals surface area contributed by atoms with Crippen molar-refractivity contribution in [3.8, 4) is 0 Å². The first-order chi connectivity index (χ1) is 9.65. The highest BCUT2D eigenvalue weighted by atomic mass is 79.9. The average Bonchev–Trinajstić information content (AvgIpc) is 2.89. The number of halogens is 1. The van der Waals surface area contributed by atoms with E-state index < -0.39 is 0 Å². The van der Waals surface area contributed by atoms with E-state index in [0.717, 1.165) is 26.7 Å². The van der Waals surface area contributed by atoms with Gasteiger partial charge in [-0.05, 0) is 36.6 Å². The molecule has 3 nitrogen and oxygen atoms in total. The zero-order valence-electron chi connectivity index (χ0n) is 10.8. The Balaban J connectivity index is 1.99. The number of carbonyl (C=O) groups is 1. The number of hydrogen-bond donors (Lipinski definition) is 1. The second-order valence-electron chi connectivity index (χ2n) is 4.50. The van der Waals surface area contributed by atoms with Gasteiger partial charge >= 0.3 is 0 Å². The third-order valence-corrected chi connectivity index (χ3v) is 3.77. The van der Waals surface area contributed by atoms with Crippen molar-refractivity contribution in [2.24, 2.45) is 0 Å². The van der Waals surface area contributed by atoms with Gasteiger partial charge in [-0.15, -0.1) is 0 Å². The van der Waals surface area contributed by atoms with Gasteiger partial charge in [-0.1, -0.05) is 40.2 Å². The summed E-state index contributed by atoms with van der Waals surface area (Å²) in [6.07, 6.45) is 0. The second kappa shape index (κ2) is 5.13. The number of benzene rings is 2. The minimum absolute atomic E-state index is 0.245. The topological polar surface area (TPSA) is 42.2 Å². The van der Waals surface area contributed by atoms with E-state index in [1.807, 2.05) is 43.3 Å². The molecule has 0 atom stereocenters. The van der Waals surface area contributed by atoms with Crippen molar-refractivity contribution < 1.29 is 9.21 Å². The molecule has 1 N–H and O–H groups in total. The number of amides is 1. The van der Waals surface area contributed by atoms with Crippen molar-refractivity contribution in [1.82, 2.24) is 0 Å². The van der Waals surface area contributed by atoms with E-state index in [1.165, 1.54) is 0 Å². The van der Waals surface area contributed by atoms with Crippen molar-refractivity contribution in [3.63, 3.8) is 0 Å². The normalized spacial score (nSPS) is 10.7. The zero-order valence-corrected chi connectivity index (χ0v) is 12.4. The first-order valence-electron chi connectivity index (χ1n) is 6.20. The molecular weight excluding hydrogens is 318 g/mol. The van der Waals surface area contributed by atoms with Gasteiger partial charge in [0.1, 0.15) is 5.76 Å². The highest BCUT2D eigenvalue weighted by Gasteiger charge is 2.12. The number of anilines is 1. The first-order valence-corrected chi connectivity index (χ1v) is 6.99. The summed E-state index contributed by atoms with van der Waals surface area (Å²) in [4.78, 5) is 12.1. The Labute approximate surface area is 124 Å². The molecule has 0 saturated heterocycles. The van der Waals surface area contributed by atoms with Crippen molar-refractivity contribution in [2.75, 3.05) is 5.32 Å². The maximum atomic E-state index is 12.1. The molecule has 0 fully saturated rings. The summed E-state index contributed by atoms with van der Waals surface area (Å²) in [5, 5.41) is 4.93. The van der Waals surface area contributed by atoms with Crippen LogP contribution >= 0.6 is 15.9 Å². The van der Waals surface area contributed by atoms with Gasteiger partial charge in [-0.2, -0.15) is 0 Å². The summed E-state index contributed by atoms with van der Waals surface area (Å²) in [7, 11) is 0. The molecule has 2 aromatic carbocycles. The maximum Gasteiger partial charge on any atom is 0.291 e. The molecule has 0 spiro atoms. The SMILES string of the molecule is Cc1ccc(C(=O)Nc2ccc(Br)c3ccccc23)o1. The van der Waals surface area contributed by atoms with Gasteiger partial charge < -0.3 is 9.73 Å². The first kappa shape index (κ1) is 12.9. The largest absolute Gasteiger partial charge is 0.456 e. The molecule has 3 aromatic rings. The molecule has 0 radical (unpaired) electrons. The third-order valence-electron chi connectivity index (χ3n) is 3.08. The van der Waals surface area contributed by atoms with E-state index in [2.05, 4.69) is 21.2 Å². The van der Waals surface area contributed by atoms with Crippen LogP contribution in [0.1, 0.15) is 16.3 Å². The van der Waals surface area contributed by atoms with Crippen LogP contribution in [0, 0.1) is 6.92 Å². The molecule has 1 heterocycles. The second-order valence-corrected chi connectivity index (χ2v) is 5.36. The summed E-state index contributed by atoms with van der Waals surface area (Å²) in [5.74, 6) is 0.788. The predicted molar refractivity (Wildman–Crippen MR) is 83.0 cm³/mol. The average molecular weight is 330 g/mol. The van der Waals surface area contributed by atoms with Crippen molar-refractivity contribution >= 4 is 38.3 Å². The van der Waals surface area contributed by atoms with Crippen molar-refractivity contribution in [2.45, 2.75) is 6.92 Å². The molecule has 3 rings (SSSR count). The highest BCUT2D eigenvalue weighted by Crippen LogP contribution is 2.30. The highest BCUT2D eigenvalue weighted by molar-refractivity contribution is 9.10. The predicted octanol–water partition coefficient (Wildman–Crippen LogP) is 4.76. The Morgan fingerprint density at radius 1 is 1.05 bits per heavy atom. The van der Waals surface area contributed by atoms with Crippen LogP contribution in [0.3, 0.4) is 0 Å². The molecule has 0 aliphatic rings. The van der Waals surface area contributed by atoms with E-state index >= 15 is 0 Å². The third kappa shape index (κ3) is 2.34. The lowest BCUT2D eigenvalue weighted by molar-refractivity contribution is 0.0995. The van der Waals surface area contributed by atoms with Gasteiger partial charge in [0.05, 0.1) is 0 Å². The fourth-order valence-corrected chi connectivity index (χ4v) is 2.59. The van der Waals surface area contributed by atoms with E-state index in [9.17, 15) is 4.79 Å². The molecular formula is C16H12BrNO2. The lowest BCUT2D eigenvalue weighted by Gasteiger charge is -2.09. The number of aryl methyl sites for hydroxylation is 1. The van der Waals surface area contributed by atoms with Crippen LogP contribution in [0.25, 0.3) is 10.8 Å². The maximum absolute atomic E-state index is 12.1. The monoisotopic (exact) mass is 329 g/mol. The van der Waals surface area contributed by atoms with Crippen LogP contribution in [-0.2, 0) is 0 Å².